The van der Waals surface area contributed by atoms with E-state index >= 15 is 0 Å². The number of nitrogens with one attached hydrogen (secondary N) is 1. The number of aromatic hydroxyl groups is 1. The zero-order chi connectivity index (χ0) is 13.7. The molecule has 4 N–H and O–H groups in total. The van der Waals surface area contributed by atoms with Crippen LogP contribution < -0.4 is 11.1 Å². The fourth-order valence-corrected chi connectivity index (χ4v) is 1.48. The van der Waals surface area contributed by atoms with E-state index in [1.54, 1.807) is 6.07 Å². The quantitative estimate of drug-likeness (QED) is 0.776. The van der Waals surface area contributed by atoms with Gasteiger partial charge in [-0.05, 0) is 23.6 Å². The average Bonchev–Trinajstić information content (AvgIpc) is 2.37. The van der Waals surface area contributed by atoms with Crippen LogP contribution in [0.4, 0.5) is 4.39 Å². The second kappa shape index (κ2) is 7.96. The molecule has 1 amide bonds. The number of halogens is 2. The largest absolute Gasteiger partial charge is 0.505 e. The molecular formula is C13H20ClFN2O2. The standard InChI is InChI=1S/C13H19FN2O2.ClH/c1-3-8(2)12(15)13(18)16-7-9-4-5-11(17)10(14)6-9;/h4-6,8,12,17H,3,7,15H2,1-2H3,(H,16,18);1H. The normalized spacial score (nSPS) is 13.3. The van der Waals surface area contributed by atoms with Crippen LogP contribution in [0.15, 0.2) is 18.2 Å². The van der Waals surface area contributed by atoms with Gasteiger partial charge in [0.05, 0.1) is 6.04 Å². The predicted octanol–water partition coefficient (Wildman–Crippen LogP) is 1.94. The van der Waals surface area contributed by atoms with Gasteiger partial charge < -0.3 is 16.2 Å². The minimum Gasteiger partial charge on any atom is -0.505 e. The molecule has 0 aliphatic carbocycles. The van der Waals surface area contributed by atoms with Crippen LogP contribution in [-0.2, 0) is 11.3 Å². The lowest BCUT2D eigenvalue weighted by atomic mass is 9.99. The minimum absolute atomic E-state index is 0. The van der Waals surface area contributed by atoms with Crippen molar-refractivity contribution in [1.82, 2.24) is 5.32 Å². The lowest BCUT2D eigenvalue weighted by Gasteiger charge is -2.17. The number of rotatable bonds is 5. The summed E-state index contributed by atoms with van der Waals surface area (Å²) in [6, 6.07) is 3.43. The predicted molar refractivity (Wildman–Crippen MR) is 74.6 cm³/mol. The maximum Gasteiger partial charge on any atom is 0.237 e. The van der Waals surface area contributed by atoms with Crippen LogP contribution in [-0.4, -0.2) is 17.1 Å². The molecule has 0 radical (unpaired) electrons. The van der Waals surface area contributed by atoms with Gasteiger partial charge in [0.15, 0.2) is 11.6 Å². The zero-order valence-electron chi connectivity index (χ0n) is 11.0. The van der Waals surface area contributed by atoms with E-state index in [1.165, 1.54) is 12.1 Å². The van der Waals surface area contributed by atoms with Crippen molar-refractivity contribution in [2.24, 2.45) is 11.7 Å². The highest BCUT2D eigenvalue weighted by Crippen LogP contribution is 2.16. The van der Waals surface area contributed by atoms with E-state index in [2.05, 4.69) is 5.32 Å². The first-order valence-electron chi connectivity index (χ1n) is 5.96. The maximum absolute atomic E-state index is 13.1. The molecule has 0 bridgehead atoms. The van der Waals surface area contributed by atoms with E-state index in [-0.39, 0.29) is 30.8 Å². The average molecular weight is 291 g/mol. The third-order valence-corrected chi connectivity index (χ3v) is 3.04. The van der Waals surface area contributed by atoms with Gasteiger partial charge in [-0.2, -0.15) is 0 Å². The van der Waals surface area contributed by atoms with Crippen molar-refractivity contribution in [3.05, 3.63) is 29.6 Å². The first kappa shape index (κ1) is 17.7. The number of hydrogen-bond donors (Lipinski definition) is 3. The number of amides is 1. The van der Waals surface area contributed by atoms with Crippen molar-refractivity contribution in [2.75, 3.05) is 0 Å². The lowest BCUT2D eigenvalue weighted by molar-refractivity contribution is -0.123. The molecule has 0 saturated heterocycles. The van der Waals surface area contributed by atoms with Gasteiger partial charge in [0, 0.05) is 6.54 Å². The molecule has 1 rings (SSSR count). The van der Waals surface area contributed by atoms with Gasteiger partial charge >= 0.3 is 0 Å². The van der Waals surface area contributed by atoms with E-state index in [0.717, 1.165) is 6.42 Å². The molecule has 0 saturated carbocycles. The van der Waals surface area contributed by atoms with Gasteiger partial charge in [-0.15, -0.1) is 12.4 Å². The highest BCUT2D eigenvalue weighted by atomic mass is 35.5. The summed E-state index contributed by atoms with van der Waals surface area (Å²) in [5.74, 6) is -1.26. The Bertz CT molecular complexity index is 429. The first-order chi connectivity index (χ1) is 8.45. The Morgan fingerprint density at radius 1 is 1.53 bits per heavy atom. The molecule has 0 aromatic heterocycles. The van der Waals surface area contributed by atoms with Crippen molar-refractivity contribution in [2.45, 2.75) is 32.9 Å². The van der Waals surface area contributed by atoms with Gasteiger partial charge in [-0.25, -0.2) is 4.39 Å². The highest BCUT2D eigenvalue weighted by molar-refractivity contribution is 5.85. The molecule has 0 fully saturated rings. The number of nitrogens with two attached hydrogens (primary N) is 1. The summed E-state index contributed by atoms with van der Waals surface area (Å²) in [5.41, 5.74) is 6.34. The van der Waals surface area contributed by atoms with Gasteiger partial charge in [-0.1, -0.05) is 26.3 Å². The number of benzene rings is 1. The number of phenolic OH excluding ortho intramolecular Hbond substituents is 1. The van der Waals surface area contributed by atoms with Crippen LogP contribution in [0, 0.1) is 11.7 Å². The van der Waals surface area contributed by atoms with Gasteiger partial charge in [0.2, 0.25) is 5.91 Å². The number of carbonyl (C=O) groups excluding carboxylic acids is 1. The third-order valence-electron chi connectivity index (χ3n) is 3.04. The fourth-order valence-electron chi connectivity index (χ4n) is 1.48. The van der Waals surface area contributed by atoms with E-state index in [9.17, 15) is 9.18 Å². The summed E-state index contributed by atoms with van der Waals surface area (Å²) >= 11 is 0. The molecule has 6 heteroatoms. The SMILES string of the molecule is CCC(C)C(N)C(=O)NCc1ccc(O)c(F)c1.Cl. The smallest absolute Gasteiger partial charge is 0.237 e. The summed E-state index contributed by atoms with van der Waals surface area (Å²) in [6.45, 7) is 4.07. The summed E-state index contributed by atoms with van der Waals surface area (Å²) in [5, 5.41) is 11.7. The first-order valence-corrected chi connectivity index (χ1v) is 5.96. The third kappa shape index (κ3) is 5.04. The van der Waals surface area contributed by atoms with Gasteiger partial charge in [0.25, 0.3) is 0 Å². The lowest BCUT2D eigenvalue weighted by Crippen LogP contribution is -2.44. The van der Waals surface area contributed by atoms with Crippen LogP contribution in [0.3, 0.4) is 0 Å². The van der Waals surface area contributed by atoms with Crippen LogP contribution in [0.25, 0.3) is 0 Å². The Balaban J connectivity index is 0.00000324. The summed E-state index contributed by atoms with van der Waals surface area (Å²) in [6.07, 6.45) is 0.822. The monoisotopic (exact) mass is 290 g/mol. The molecule has 4 nitrogen and oxygen atoms in total. The molecule has 19 heavy (non-hydrogen) atoms. The van der Waals surface area contributed by atoms with Crippen LogP contribution in [0.2, 0.25) is 0 Å². The van der Waals surface area contributed by atoms with Gasteiger partial charge in [0.1, 0.15) is 0 Å². The van der Waals surface area contributed by atoms with Crippen LogP contribution >= 0.6 is 12.4 Å². The highest BCUT2D eigenvalue weighted by Gasteiger charge is 2.18. The molecule has 1 aromatic rings. The van der Waals surface area contributed by atoms with Crippen molar-refractivity contribution in [3.63, 3.8) is 0 Å². The Morgan fingerprint density at radius 3 is 2.68 bits per heavy atom. The van der Waals surface area contributed by atoms with E-state index in [4.69, 9.17) is 10.8 Å². The Labute approximate surface area is 118 Å². The second-order valence-electron chi connectivity index (χ2n) is 4.41. The van der Waals surface area contributed by atoms with E-state index < -0.39 is 17.6 Å². The number of hydrogen-bond acceptors (Lipinski definition) is 3. The minimum atomic E-state index is -0.701. The Morgan fingerprint density at radius 2 is 2.16 bits per heavy atom. The summed E-state index contributed by atoms with van der Waals surface area (Å²) in [4.78, 5) is 11.7. The number of carbonyl (C=O) groups is 1. The van der Waals surface area contributed by atoms with Crippen molar-refractivity contribution >= 4 is 18.3 Å². The second-order valence-corrected chi connectivity index (χ2v) is 4.41. The van der Waals surface area contributed by atoms with Crippen LogP contribution in [0.5, 0.6) is 5.75 Å². The molecule has 0 aliphatic heterocycles. The topological polar surface area (TPSA) is 75.4 Å². The molecule has 0 heterocycles. The molecule has 2 unspecified atom stereocenters. The molecule has 108 valence electrons. The van der Waals surface area contributed by atoms with Crippen molar-refractivity contribution < 1.29 is 14.3 Å². The summed E-state index contributed by atoms with van der Waals surface area (Å²) in [7, 11) is 0. The molecular weight excluding hydrogens is 271 g/mol. The molecule has 0 aliphatic rings. The summed E-state index contributed by atoms with van der Waals surface area (Å²) < 4.78 is 13.1. The van der Waals surface area contributed by atoms with Gasteiger partial charge in [-0.3, -0.25) is 4.79 Å². The van der Waals surface area contributed by atoms with E-state index in [1.807, 2.05) is 13.8 Å². The Hall–Kier alpha value is -1.33. The van der Waals surface area contributed by atoms with Crippen molar-refractivity contribution in [1.29, 1.82) is 0 Å². The maximum atomic E-state index is 13.1. The Kier molecular flexibility index (Phi) is 7.41. The zero-order valence-corrected chi connectivity index (χ0v) is 11.8. The molecule has 0 spiro atoms. The van der Waals surface area contributed by atoms with E-state index in [0.29, 0.717) is 5.56 Å². The molecule has 1 aromatic carbocycles. The molecule has 2 atom stereocenters. The fraction of sp³-hybridized carbons (Fsp3) is 0.462. The van der Waals surface area contributed by atoms with Crippen molar-refractivity contribution in [3.8, 4) is 5.75 Å². The number of phenols is 1. The van der Waals surface area contributed by atoms with Crippen LogP contribution in [0.1, 0.15) is 25.8 Å².